The fourth-order valence-corrected chi connectivity index (χ4v) is 4.99. The summed E-state index contributed by atoms with van der Waals surface area (Å²) in [5.74, 6) is 0.239. The molecule has 2 aromatic carbocycles. The molecule has 220 valence electrons. The van der Waals surface area contributed by atoms with Gasteiger partial charge in [-0.2, -0.15) is 0 Å². The summed E-state index contributed by atoms with van der Waals surface area (Å²) in [6.45, 7) is 9.00. The maximum absolute atomic E-state index is 12.1. The number of hydrogen-bond acceptors (Lipinski definition) is 5. The van der Waals surface area contributed by atoms with E-state index in [0.717, 1.165) is 53.1 Å². The molecule has 1 heterocycles. The summed E-state index contributed by atoms with van der Waals surface area (Å²) >= 11 is 1.44. The van der Waals surface area contributed by atoms with Crippen LogP contribution in [0.2, 0.25) is 0 Å². The summed E-state index contributed by atoms with van der Waals surface area (Å²) in [5, 5.41) is 3.42. The molecule has 0 saturated heterocycles. The SMILES string of the molecule is C=C(Cc1ccccc1)NC(=O)CC.CCCC(=O)N1CCC(N=CN)=C(c2ccccc2)C1.O=CSC1CCC1. The molecule has 8 heteroatoms. The highest BCUT2D eigenvalue weighted by Crippen LogP contribution is 2.29. The number of hydrogen-bond donors (Lipinski definition) is 2. The maximum Gasteiger partial charge on any atom is 0.223 e. The van der Waals surface area contributed by atoms with Crippen molar-refractivity contribution in [3.63, 3.8) is 0 Å². The van der Waals surface area contributed by atoms with E-state index in [-0.39, 0.29) is 11.8 Å². The van der Waals surface area contributed by atoms with Crippen molar-refractivity contribution in [2.45, 2.75) is 70.5 Å². The molecular weight excluding hydrogens is 532 g/mol. The van der Waals surface area contributed by atoms with Crippen LogP contribution in [0.3, 0.4) is 0 Å². The topological polar surface area (TPSA) is 105 Å². The summed E-state index contributed by atoms with van der Waals surface area (Å²) < 4.78 is 0. The second-order valence-corrected chi connectivity index (χ2v) is 11.0. The minimum Gasteiger partial charge on any atom is -0.390 e. The van der Waals surface area contributed by atoms with E-state index in [0.29, 0.717) is 31.1 Å². The van der Waals surface area contributed by atoms with Crippen molar-refractivity contribution in [3.05, 3.63) is 89.8 Å². The van der Waals surface area contributed by atoms with Gasteiger partial charge in [0.1, 0.15) is 0 Å². The maximum atomic E-state index is 12.1. The smallest absolute Gasteiger partial charge is 0.223 e. The summed E-state index contributed by atoms with van der Waals surface area (Å²) in [4.78, 5) is 39.1. The van der Waals surface area contributed by atoms with E-state index in [1.54, 1.807) is 0 Å². The predicted octanol–water partition coefficient (Wildman–Crippen LogP) is 6.15. The molecule has 2 aliphatic rings. The molecule has 1 aliphatic heterocycles. The van der Waals surface area contributed by atoms with Gasteiger partial charge in [0.05, 0.1) is 6.34 Å². The van der Waals surface area contributed by atoms with Gasteiger partial charge in [0, 0.05) is 61.0 Å². The Labute approximate surface area is 249 Å². The molecule has 1 fully saturated rings. The Hall–Kier alpha value is -3.65. The first-order valence-electron chi connectivity index (χ1n) is 14.3. The molecule has 0 aromatic heterocycles. The van der Waals surface area contributed by atoms with Crippen LogP contribution in [0.1, 0.15) is 69.9 Å². The van der Waals surface area contributed by atoms with Crippen molar-refractivity contribution in [1.29, 1.82) is 0 Å². The Balaban J connectivity index is 0.000000241. The second-order valence-electron chi connectivity index (χ2n) is 9.84. The van der Waals surface area contributed by atoms with Gasteiger partial charge in [-0.3, -0.25) is 14.4 Å². The Morgan fingerprint density at radius 3 is 2.27 bits per heavy atom. The highest BCUT2D eigenvalue weighted by atomic mass is 32.2. The lowest BCUT2D eigenvalue weighted by Gasteiger charge is -2.30. The summed E-state index contributed by atoms with van der Waals surface area (Å²) in [6, 6.07) is 20.0. The lowest BCUT2D eigenvalue weighted by atomic mass is 9.98. The van der Waals surface area contributed by atoms with Crippen molar-refractivity contribution in [1.82, 2.24) is 10.2 Å². The first-order valence-corrected chi connectivity index (χ1v) is 15.3. The lowest BCUT2D eigenvalue weighted by Crippen LogP contribution is -2.36. The molecule has 1 aliphatic carbocycles. The Morgan fingerprint density at radius 2 is 1.76 bits per heavy atom. The molecule has 1 saturated carbocycles. The van der Waals surface area contributed by atoms with E-state index in [9.17, 15) is 14.4 Å². The van der Waals surface area contributed by atoms with Crippen LogP contribution in [0.4, 0.5) is 0 Å². The quantitative estimate of drug-likeness (QED) is 0.201. The van der Waals surface area contributed by atoms with Crippen LogP contribution < -0.4 is 11.1 Å². The van der Waals surface area contributed by atoms with Gasteiger partial charge in [0.15, 0.2) is 5.62 Å². The van der Waals surface area contributed by atoms with Gasteiger partial charge in [-0.25, -0.2) is 4.99 Å². The molecule has 7 nitrogen and oxygen atoms in total. The van der Waals surface area contributed by atoms with Crippen LogP contribution in [-0.2, 0) is 20.8 Å². The molecular formula is C33H44N4O3S. The van der Waals surface area contributed by atoms with Crippen LogP contribution in [0.25, 0.3) is 5.57 Å². The molecule has 0 radical (unpaired) electrons. The molecule has 3 N–H and O–H groups in total. The molecule has 0 spiro atoms. The highest BCUT2D eigenvalue weighted by molar-refractivity contribution is 8.12. The fraction of sp³-hybridized carbons (Fsp3) is 0.394. The monoisotopic (exact) mass is 576 g/mol. The third-order valence-electron chi connectivity index (χ3n) is 6.68. The van der Waals surface area contributed by atoms with Gasteiger partial charge in [-0.1, -0.05) is 99.3 Å². The van der Waals surface area contributed by atoms with E-state index in [2.05, 4.69) is 29.0 Å². The standard InChI is InChI=1S/C16H21N3O.C12H15NO.C5H8OS/c1-2-6-16(20)19-10-9-15(18-12-17)14(11-19)13-7-4-3-5-8-13;1-3-12(14)13-10(2)9-11-7-5-4-6-8-11;6-4-7-5-2-1-3-5/h3-5,7-8,12H,2,6,9-11H2,1H3,(H2,17,18);4-8H,2-3,9H2,1H3,(H,13,14);4-5H,1-3H2. The number of nitrogens with zero attached hydrogens (tertiary/aromatic N) is 2. The van der Waals surface area contributed by atoms with Gasteiger partial charge in [-0.05, 0) is 30.4 Å². The second kappa shape index (κ2) is 19.4. The highest BCUT2D eigenvalue weighted by Gasteiger charge is 2.23. The number of nitrogens with two attached hydrogens (primary N) is 1. The van der Waals surface area contributed by atoms with E-state index in [4.69, 9.17) is 5.73 Å². The van der Waals surface area contributed by atoms with E-state index < -0.39 is 0 Å². The Morgan fingerprint density at radius 1 is 1.10 bits per heavy atom. The number of nitrogens with one attached hydrogen (secondary N) is 1. The first-order chi connectivity index (χ1) is 19.9. The number of thioether (sulfide) groups is 1. The van der Waals surface area contributed by atoms with Crippen LogP contribution >= 0.6 is 11.8 Å². The number of amides is 2. The van der Waals surface area contributed by atoms with Crippen molar-refractivity contribution in [2.75, 3.05) is 13.1 Å². The number of rotatable bonds is 10. The minimum absolute atomic E-state index is 0.0194. The zero-order chi connectivity index (χ0) is 29.9. The third-order valence-corrected chi connectivity index (χ3v) is 7.65. The van der Waals surface area contributed by atoms with Gasteiger partial charge in [0.2, 0.25) is 11.8 Å². The number of carbonyl (C=O) groups is 3. The molecule has 0 bridgehead atoms. The van der Waals surface area contributed by atoms with Gasteiger partial charge in [-0.15, -0.1) is 0 Å². The zero-order valence-electron chi connectivity index (χ0n) is 24.4. The Bertz CT molecular complexity index is 1160. The molecule has 41 heavy (non-hydrogen) atoms. The normalized spacial score (nSPS) is 14.6. The van der Waals surface area contributed by atoms with Crippen molar-refractivity contribution in [3.8, 4) is 0 Å². The predicted molar refractivity (Wildman–Crippen MR) is 172 cm³/mol. The number of benzene rings is 2. The van der Waals surface area contributed by atoms with Crippen LogP contribution in [-0.4, -0.2) is 47.0 Å². The first kappa shape index (κ1) is 33.6. The third kappa shape index (κ3) is 12.6. The van der Waals surface area contributed by atoms with E-state index in [1.165, 1.54) is 37.4 Å². The lowest BCUT2D eigenvalue weighted by molar-refractivity contribution is -0.130. The van der Waals surface area contributed by atoms with Crippen LogP contribution in [0.15, 0.2) is 83.6 Å². The average molecular weight is 577 g/mol. The average Bonchev–Trinajstić information content (AvgIpc) is 2.97. The van der Waals surface area contributed by atoms with Crippen molar-refractivity contribution in [2.24, 2.45) is 10.7 Å². The number of allylic oxidation sites excluding steroid dienone is 1. The summed E-state index contributed by atoms with van der Waals surface area (Å²) in [5.41, 5.74) is 11.5. The Kier molecular flexibility index (Phi) is 15.9. The fourth-order valence-electron chi connectivity index (χ4n) is 4.22. The van der Waals surface area contributed by atoms with Crippen molar-refractivity contribution >= 4 is 41.1 Å². The van der Waals surface area contributed by atoms with Gasteiger partial charge < -0.3 is 16.0 Å². The molecule has 2 aromatic rings. The number of carbonyl (C=O) groups excluding carboxylic acids is 3. The van der Waals surface area contributed by atoms with E-state index >= 15 is 0 Å². The van der Waals surface area contributed by atoms with Crippen LogP contribution in [0.5, 0.6) is 0 Å². The largest absolute Gasteiger partial charge is 0.390 e. The summed E-state index contributed by atoms with van der Waals surface area (Å²) in [6.07, 6.45) is 8.61. The molecule has 2 amide bonds. The summed E-state index contributed by atoms with van der Waals surface area (Å²) in [7, 11) is 0. The zero-order valence-corrected chi connectivity index (χ0v) is 25.2. The minimum atomic E-state index is 0.0194. The molecule has 0 atom stereocenters. The van der Waals surface area contributed by atoms with Crippen molar-refractivity contribution < 1.29 is 14.4 Å². The number of aliphatic imine (C=N–C) groups is 1. The molecule has 0 unspecified atom stereocenters. The van der Waals surface area contributed by atoms with Gasteiger partial charge in [0.25, 0.3) is 0 Å². The molecule has 4 rings (SSSR count). The van der Waals surface area contributed by atoms with Crippen LogP contribution in [0, 0.1) is 0 Å². The van der Waals surface area contributed by atoms with Gasteiger partial charge >= 0.3 is 0 Å². The van der Waals surface area contributed by atoms with E-state index in [1.807, 2.05) is 67.3 Å².